The fourth-order valence-corrected chi connectivity index (χ4v) is 4.96. The third-order valence-electron chi connectivity index (χ3n) is 6.87. The van der Waals surface area contributed by atoms with E-state index in [1.807, 2.05) is 65.0 Å². The number of methoxy groups -OCH3 is 1. The molecule has 3 N–H and O–H groups in total. The number of hydrogen-bond acceptors (Lipinski definition) is 7. The summed E-state index contributed by atoms with van der Waals surface area (Å²) in [5, 5.41) is 13.9. The first-order valence-electron chi connectivity index (χ1n) is 13.5. The Labute approximate surface area is 251 Å². The number of anilines is 2. The number of sulfonamides is 1. The van der Waals surface area contributed by atoms with Gasteiger partial charge >= 0.3 is 0 Å². The Morgan fingerprint density at radius 1 is 0.977 bits per heavy atom. The van der Waals surface area contributed by atoms with E-state index in [0.29, 0.717) is 23.5 Å². The van der Waals surface area contributed by atoms with Crippen molar-refractivity contribution in [1.82, 2.24) is 20.3 Å². The number of aromatic nitrogens is 3. The summed E-state index contributed by atoms with van der Waals surface area (Å²) >= 11 is 0. The average Bonchev–Trinajstić information content (AvgIpc) is 3.42. The van der Waals surface area contributed by atoms with Crippen LogP contribution in [0.15, 0.2) is 60.8 Å². The highest BCUT2D eigenvalue weighted by Crippen LogP contribution is 2.39. The second kappa shape index (κ2) is 12.3. The van der Waals surface area contributed by atoms with Gasteiger partial charge in [0.2, 0.25) is 10.0 Å². The highest BCUT2D eigenvalue weighted by Gasteiger charge is 2.23. The maximum absolute atomic E-state index is 13.6. The molecule has 0 radical (unpaired) electrons. The molecule has 12 heteroatoms. The molecule has 1 aromatic heterocycles. The summed E-state index contributed by atoms with van der Waals surface area (Å²) in [4.78, 5) is 26.3. The standard InChI is InChI=1S/C31H36N6O5S/c1-19-13-22(29(38)33-24-15-23(31(3,4)5)16-25(28(24)42-6)35-43(7,40)41)14-27(20(19)2)37-18-26(34-36-37)30(39)32-17-21-11-9-8-10-12-21/h8-16,18,35H,17H2,1-7H3,(H,32,39)(H,33,38). The molecular formula is C31H36N6O5S. The lowest BCUT2D eigenvalue weighted by Gasteiger charge is -2.24. The molecule has 1 heterocycles. The molecule has 0 fully saturated rings. The summed E-state index contributed by atoms with van der Waals surface area (Å²) in [6.07, 6.45) is 2.57. The molecule has 0 bridgehead atoms. The molecule has 226 valence electrons. The highest BCUT2D eigenvalue weighted by molar-refractivity contribution is 7.92. The van der Waals surface area contributed by atoms with Crippen molar-refractivity contribution in [3.8, 4) is 11.4 Å². The van der Waals surface area contributed by atoms with Crippen molar-refractivity contribution in [3.05, 3.63) is 94.3 Å². The van der Waals surface area contributed by atoms with Gasteiger partial charge in [-0.15, -0.1) is 5.10 Å². The summed E-state index contributed by atoms with van der Waals surface area (Å²) in [7, 11) is -2.22. The predicted octanol–water partition coefficient (Wildman–Crippen LogP) is 4.74. The molecule has 4 aromatic rings. The van der Waals surface area contributed by atoms with Gasteiger partial charge in [0.1, 0.15) is 0 Å². The number of carbonyl (C=O) groups is 2. The van der Waals surface area contributed by atoms with Gasteiger partial charge in [-0.2, -0.15) is 0 Å². The van der Waals surface area contributed by atoms with Crippen molar-refractivity contribution < 1.29 is 22.7 Å². The second-order valence-electron chi connectivity index (χ2n) is 11.3. The topological polar surface area (TPSA) is 144 Å². The first-order valence-corrected chi connectivity index (χ1v) is 15.4. The Kier molecular flexibility index (Phi) is 8.90. The summed E-state index contributed by atoms with van der Waals surface area (Å²) < 4.78 is 33.6. The number of amides is 2. The monoisotopic (exact) mass is 604 g/mol. The number of carbonyl (C=O) groups excluding carboxylic acids is 2. The maximum atomic E-state index is 13.6. The Hall–Kier alpha value is -4.71. The predicted molar refractivity (Wildman–Crippen MR) is 167 cm³/mol. The van der Waals surface area contributed by atoms with Gasteiger partial charge in [0, 0.05) is 12.1 Å². The molecule has 3 aromatic carbocycles. The van der Waals surface area contributed by atoms with E-state index in [0.717, 1.165) is 28.5 Å². The lowest BCUT2D eigenvalue weighted by atomic mass is 9.86. The van der Waals surface area contributed by atoms with Gasteiger partial charge in [0.25, 0.3) is 11.8 Å². The Morgan fingerprint density at radius 3 is 2.28 bits per heavy atom. The summed E-state index contributed by atoms with van der Waals surface area (Å²) in [6, 6.07) is 16.4. The minimum Gasteiger partial charge on any atom is -0.492 e. The van der Waals surface area contributed by atoms with Crippen LogP contribution >= 0.6 is 0 Å². The van der Waals surface area contributed by atoms with Crippen molar-refractivity contribution in [2.45, 2.75) is 46.6 Å². The zero-order chi connectivity index (χ0) is 31.5. The van der Waals surface area contributed by atoms with Gasteiger partial charge in [-0.25, -0.2) is 13.1 Å². The van der Waals surface area contributed by atoms with Crippen LogP contribution in [-0.2, 0) is 22.0 Å². The summed E-state index contributed by atoms with van der Waals surface area (Å²) in [6.45, 7) is 10.1. The lowest BCUT2D eigenvalue weighted by molar-refractivity contribution is 0.0945. The number of nitrogens with one attached hydrogen (secondary N) is 3. The molecule has 0 aliphatic carbocycles. The number of hydrogen-bond donors (Lipinski definition) is 3. The summed E-state index contributed by atoms with van der Waals surface area (Å²) in [5.41, 5.74) is 4.63. The second-order valence-corrected chi connectivity index (χ2v) is 13.1. The molecule has 0 atom stereocenters. The molecule has 2 amide bonds. The normalized spacial score (nSPS) is 11.6. The zero-order valence-corrected chi connectivity index (χ0v) is 26.1. The Balaban J connectivity index is 1.64. The van der Waals surface area contributed by atoms with Crippen molar-refractivity contribution >= 4 is 33.2 Å². The molecule has 0 saturated carbocycles. The van der Waals surface area contributed by atoms with Crippen LogP contribution in [0.2, 0.25) is 0 Å². The van der Waals surface area contributed by atoms with Crippen LogP contribution in [0.25, 0.3) is 5.69 Å². The van der Waals surface area contributed by atoms with Crippen molar-refractivity contribution in [3.63, 3.8) is 0 Å². The molecule has 4 rings (SSSR count). The Bertz CT molecular complexity index is 1780. The van der Waals surface area contributed by atoms with Crippen LogP contribution in [0.1, 0.15) is 63.9 Å². The fourth-order valence-electron chi connectivity index (χ4n) is 4.41. The van der Waals surface area contributed by atoms with E-state index in [-0.39, 0.29) is 28.5 Å². The molecule has 43 heavy (non-hydrogen) atoms. The average molecular weight is 605 g/mol. The minimum absolute atomic E-state index is 0.137. The summed E-state index contributed by atoms with van der Waals surface area (Å²) in [5.74, 6) is -0.638. The number of benzene rings is 3. The van der Waals surface area contributed by atoms with Crippen molar-refractivity contribution in [1.29, 1.82) is 0 Å². The quantitative estimate of drug-likeness (QED) is 0.250. The minimum atomic E-state index is -3.63. The molecule has 0 unspecified atom stereocenters. The van der Waals surface area contributed by atoms with Gasteiger partial charge < -0.3 is 15.4 Å². The largest absolute Gasteiger partial charge is 0.492 e. The van der Waals surface area contributed by atoms with E-state index in [2.05, 4.69) is 25.7 Å². The van der Waals surface area contributed by atoms with Gasteiger partial charge in [-0.1, -0.05) is 56.3 Å². The van der Waals surface area contributed by atoms with Crippen LogP contribution in [0, 0.1) is 13.8 Å². The fraction of sp³-hybridized carbons (Fsp3) is 0.290. The number of nitrogens with zero attached hydrogens (tertiary/aromatic N) is 3. The smallest absolute Gasteiger partial charge is 0.273 e. The molecule has 0 aliphatic rings. The van der Waals surface area contributed by atoms with Crippen LogP contribution in [-0.4, -0.2) is 48.6 Å². The van der Waals surface area contributed by atoms with E-state index in [9.17, 15) is 18.0 Å². The van der Waals surface area contributed by atoms with E-state index < -0.39 is 15.9 Å². The third-order valence-corrected chi connectivity index (χ3v) is 7.46. The molecule has 0 saturated heterocycles. The van der Waals surface area contributed by atoms with Gasteiger partial charge in [0.15, 0.2) is 11.4 Å². The van der Waals surface area contributed by atoms with E-state index >= 15 is 0 Å². The van der Waals surface area contributed by atoms with E-state index in [4.69, 9.17) is 4.74 Å². The van der Waals surface area contributed by atoms with Crippen LogP contribution in [0.4, 0.5) is 11.4 Å². The lowest BCUT2D eigenvalue weighted by Crippen LogP contribution is -2.23. The zero-order valence-electron chi connectivity index (χ0n) is 25.3. The van der Waals surface area contributed by atoms with Crippen LogP contribution < -0.4 is 20.1 Å². The number of rotatable bonds is 9. The number of ether oxygens (including phenoxy) is 1. The SMILES string of the molecule is COc1c(NC(=O)c2cc(C)c(C)c(-n3cc(C(=O)NCc4ccccc4)nn3)c2)cc(C(C)(C)C)cc1NS(C)(=O)=O. The van der Waals surface area contributed by atoms with Crippen LogP contribution in [0.3, 0.4) is 0 Å². The van der Waals surface area contributed by atoms with Gasteiger partial charge in [-0.3, -0.25) is 14.3 Å². The first kappa shape index (κ1) is 31.2. The highest BCUT2D eigenvalue weighted by atomic mass is 32.2. The molecular weight excluding hydrogens is 568 g/mol. The van der Waals surface area contributed by atoms with Gasteiger partial charge in [-0.05, 0) is 65.8 Å². The third kappa shape index (κ3) is 7.58. The molecule has 0 aliphatic heterocycles. The Morgan fingerprint density at radius 2 is 1.65 bits per heavy atom. The van der Waals surface area contributed by atoms with Crippen LogP contribution in [0.5, 0.6) is 5.75 Å². The van der Waals surface area contributed by atoms with Crippen molar-refractivity contribution in [2.75, 3.05) is 23.4 Å². The molecule has 11 nitrogen and oxygen atoms in total. The van der Waals surface area contributed by atoms with Crippen molar-refractivity contribution in [2.24, 2.45) is 0 Å². The van der Waals surface area contributed by atoms with Gasteiger partial charge in [0.05, 0.1) is 36.6 Å². The maximum Gasteiger partial charge on any atom is 0.273 e. The molecule has 0 spiro atoms. The number of aryl methyl sites for hydroxylation is 1. The van der Waals surface area contributed by atoms with E-state index in [1.165, 1.54) is 18.0 Å². The first-order chi connectivity index (χ1) is 20.2. The van der Waals surface area contributed by atoms with E-state index in [1.54, 1.807) is 24.3 Å².